The van der Waals surface area contributed by atoms with Crippen LogP contribution in [0.15, 0.2) is 36.7 Å². The Balaban J connectivity index is 1.31. The van der Waals surface area contributed by atoms with Crippen LogP contribution in [0.3, 0.4) is 0 Å². The summed E-state index contributed by atoms with van der Waals surface area (Å²) in [7, 11) is 5.28. The largest absolute Gasteiger partial charge is 0.493 e. The van der Waals surface area contributed by atoms with Gasteiger partial charge in [0.05, 0.1) is 29.8 Å². The van der Waals surface area contributed by atoms with E-state index in [2.05, 4.69) is 20.2 Å². The molecule has 1 aromatic heterocycles. The van der Waals surface area contributed by atoms with Crippen molar-refractivity contribution in [1.82, 2.24) is 19.8 Å². The fraction of sp³-hybridized carbons (Fsp3) is 0.464. The zero-order valence-electron chi connectivity index (χ0n) is 21.9. The average molecular weight is 542 g/mol. The van der Waals surface area contributed by atoms with Crippen molar-refractivity contribution in [3.8, 4) is 11.5 Å². The molecule has 38 heavy (non-hydrogen) atoms. The quantitative estimate of drug-likeness (QED) is 0.428. The van der Waals surface area contributed by atoms with Gasteiger partial charge in [-0.05, 0) is 69.3 Å². The fourth-order valence-corrected chi connectivity index (χ4v) is 5.77. The maximum absolute atomic E-state index is 13.6. The minimum atomic E-state index is -0.482. The lowest BCUT2D eigenvalue weighted by atomic mass is 9.91. The molecule has 3 aromatic rings. The molecule has 1 atom stereocenters. The molecule has 1 aliphatic carbocycles. The standard InChI is InChI=1S/C28H33ClFN5O3/c1-34(2)28(36)24-5-4-12-35(24)18-7-9-19(10-8-18)38-26-14-20-23(15-25(26)37-3)31-16-32-27(20)33-17-6-11-22(30)21(29)13-17/h6,11,13-16,18-19,24H,4-5,7-10,12H2,1-3H3,(H,31,32,33)/t18-,19-,24-/m0/s1. The number of hydrogen-bond donors (Lipinski definition) is 1. The smallest absolute Gasteiger partial charge is 0.239 e. The Bertz CT molecular complexity index is 1320. The number of nitrogens with zero attached hydrogens (tertiary/aromatic N) is 4. The van der Waals surface area contributed by atoms with Gasteiger partial charge in [0.1, 0.15) is 18.0 Å². The van der Waals surface area contributed by atoms with Gasteiger partial charge < -0.3 is 19.7 Å². The second-order valence-corrected chi connectivity index (χ2v) is 10.6. The van der Waals surface area contributed by atoms with Gasteiger partial charge in [-0.2, -0.15) is 0 Å². The van der Waals surface area contributed by atoms with E-state index < -0.39 is 5.82 Å². The topological polar surface area (TPSA) is 79.8 Å². The van der Waals surface area contributed by atoms with Crippen LogP contribution >= 0.6 is 11.6 Å². The highest BCUT2D eigenvalue weighted by atomic mass is 35.5. The molecule has 0 spiro atoms. The van der Waals surface area contributed by atoms with E-state index in [-0.39, 0.29) is 23.1 Å². The first-order valence-corrected chi connectivity index (χ1v) is 13.4. The molecule has 2 fully saturated rings. The average Bonchev–Trinajstić information content (AvgIpc) is 3.40. The molecule has 2 aromatic carbocycles. The first-order chi connectivity index (χ1) is 18.3. The van der Waals surface area contributed by atoms with Gasteiger partial charge >= 0.3 is 0 Å². The summed E-state index contributed by atoms with van der Waals surface area (Å²) in [5.74, 6) is 1.51. The van der Waals surface area contributed by atoms with Crippen LogP contribution in [0, 0.1) is 5.82 Å². The predicted octanol–water partition coefficient (Wildman–Crippen LogP) is 5.42. The molecule has 1 N–H and O–H groups in total. The maximum atomic E-state index is 13.6. The van der Waals surface area contributed by atoms with Crippen LogP contribution in [0.1, 0.15) is 38.5 Å². The number of nitrogens with one attached hydrogen (secondary N) is 1. The highest BCUT2D eigenvalue weighted by Gasteiger charge is 2.38. The minimum absolute atomic E-state index is 0.00467. The van der Waals surface area contributed by atoms with E-state index in [9.17, 15) is 9.18 Å². The fourth-order valence-electron chi connectivity index (χ4n) is 5.59. The minimum Gasteiger partial charge on any atom is -0.493 e. The summed E-state index contributed by atoms with van der Waals surface area (Å²) in [6.45, 7) is 0.980. The van der Waals surface area contributed by atoms with Crippen molar-refractivity contribution in [2.45, 2.75) is 56.7 Å². The van der Waals surface area contributed by atoms with Crippen molar-refractivity contribution in [2.24, 2.45) is 0 Å². The molecule has 0 bridgehead atoms. The zero-order valence-corrected chi connectivity index (χ0v) is 22.7. The molecule has 2 aliphatic rings. The summed E-state index contributed by atoms with van der Waals surface area (Å²) in [4.78, 5) is 25.6. The van der Waals surface area contributed by atoms with Gasteiger partial charge in [-0.25, -0.2) is 14.4 Å². The Labute approximate surface area is 227 Å². The number of anilines is 2. The van der Waals surface area contributed by atoms with Crippen molar-refractivity contribution in [3.05, 3.63) is 47.5 Å². The third-order valence-electron chi connectivity index (χ3n) is 7.53. The van der Waals surface area contributed by atoms with Crippen LogP contribution in [0.2, 0.25) is 5.02 Å². The number of amides is 1. The van der Waals surface area contributed by atoms with Crippen molar-refractivity contribution in [1.29, 1.82) is 0 Å². The molecule has 5 rings (SSSR count). The molecule has 8 nitrogen and oxygen atoms in total. The van der Waals surface area contributed by atoms with E-state index in [0.29, 0.717) is 34.6 Å². The monoisotopic (exact) mass is 541 g/mol. The number of likely N-dealkylation sites (N-methyl/N-ethyl adjacent to an activating group) is 1. The van der Waals surface area contributed by atoms with Crippen LogP contribution in [0.4, 0.5) is 15.9 Å². The number of methoxy groups -OCH3 is 1. The van der Waals surface area contributed by atoms with E-state index in [1.807, 2.05) is 26.2 Å². The molecule has 1 aliphatic heterocycles. The number of carbonyl (C=O) groups is 1. The van der Waals surface area contributed by atoms with E-state index in [1.54, 1.807) is 18.1 Å². The van der Waals surface area contributed by atoms with Gasteiger partial charge in [-0.15, -0.1) is 0 Å². The van der Waals surface area contributed by atoms with Gasteiger partial charge in [-0.3, -0.25) is 9.69 Å². The van der Waals surface area contributed by atoms with Crippen LogP contribution < -0.4 is 14.8 Å². The molecule has 2 heterocycles. The number of carbonyl (C=O) groups excluding carboxylic acids is 1. The van der Waals surface area contributed by atoms with E-state index in [1.165, 1.54) is 18.5 Å². The number of halogens is 2. The number of ether oxygens (including phenoxy) is 2. The van der Waals surface area contributed by atoms with E-state index in [0.717, 1.165) is 50.5 Å². The second kappa shape index (κ2) is 11.3. The van der Waals surface area contributed by atoms with Gasteiger partial charge in [0, 0.05) is 37.3 Å². The summed E-state index contributed by atoms with van der Waals surface area (Å²) in [6.07, 6.45) is 7.27. The predicted molar refractivity (Wildman–Crippen MR) is 146 cm³/mol. The Hall–Kier alpha value is -3.17. The Morgan fingerprint density at radius 1 is 1.11 bits per heavy atom. The van der Waals surface area contributed by atoms with Crippen LogP contribution in [-0.2, 0) is 4.79 Å². The molecule has 1 saturated carbocycles. The molecule has 1 amide bonds. The summed E-state index contributed by atoms with van der Waals surface area (Å²) >= 11 is 5.95. The van der Waals surface area contributed by atoms with Gasteiger partial charge in [-0.1, -0.05) is 11.6 Å². The normalized spacial score (nSPS) is 21.9. The second-order valence-electron chi connectivity index (χ2n) is 10.2. The summed E-state index contributed by atoms with van der Waals surface area (Å²) in [5, 5.41) is 3.98. The van der Waals surface area contributed by atoms with Crippen LogP contribution in [-0.4, -0.2) is 71.6 Å². The summed E-state index contributed by atoms with van der Waals surface area (Å²) in [5.41, 5.74) is 1.30. The van der Waals surface area contributed by atoms with Gasteiger partial charge in [0.15, 0.2) is 11.5 Å². The third-order valence-corrected chi connectivity index (χ3v) is 7.82. The lowest BCUT2D eigenvalue weighted by Gasteiger charge is -2.38. The SMILES string of the molecule is COc1cc2ncnc(Nc3ccc(F)c(Cl)c3)c2cc1O[C@H]1CC[C@H](N2CCC[C@H]2C(=O)N(C)C)CC1. The van der Waals surface area contributed by atoms with Gasteiger partial charge in [0.25, 0.3) is 0 Å². The molecular formula is C28H33ClFN5O3. The molecule has 202 valence electrons. The number of hydrogen-bond acceptors (Lipinski definition) is 7. The van der Waals surface area contributed by atoms with Crippen molar-refractivity contribution >= 4 is 39.9 Å². The Kier molecular flexibility index (Phi) is 7.85. The highest BCUT2D eigenvalue weighted by molar-refractivity contribution is 6.31. The lowest BCUT2D eigenvalue weighted by Crippen LogP contribution is -2.49. The molecular weight excluding hydrogens is 509 g/mol. The van der Waals surface area contributed by atoms with Crippen LogP contribution in [0.5, 0.6) is 11.5 Å². The molecule has 10 heteroatoms. The number of benzene rings is 2. The van der Waals surface area contributed by atoms with E-state index in [4.69, 9.17) is 21.1 Å². The molecule has 0 radical (unpaired) electrons. The Morgan fingerprint density at radius 3 is 2.61 bits per heavy atom. The number of likely N-dealkylation sites (tertiary alicyclic amines) is 1. The van der Waals surface area contributed by atoms with E-state index >= 15 is 0 Å². The zero-order chi connectivity index (χ0) is 26.8. The van der Waals surface area contributed by atoms with Crippen LogP contribution in [0.25, 0.3) is 10.9 Å². The van der Waals surface area contributed by atoms with Crippen molar-refractivity contribution in [3.63, 3.8) is 0 Å². The maximum Gasteiger partial charge on any atom is 0.239 e. The number of rotatable bonds is 7. The lowest BCUT2D eigenvalue weighted by molar-refractivity contribution is -0.134. The Morgan fingerprint density at radius 2 is 1.89 bits per heavy atom. The first kappa shape index (κ1) is 26.4. The summed E-state index contributed by atoms with van der Waals surface area (Å²) < 4.78 is 25.7. The highest BCUT2D eigenvalue weighted by Crippen LogP contribution is 2.38. The van der Waals surface area contributed by atoms with Gasteiger partial charge in [0.2, 0.25) is 5.91 Å². The number of fused-ring (bicyclic) bond motifs is 1. The molecule has 1 saturated heterocycles. The number of aromatic nitrogens is 2. The first-order valence-electron chi connectivity index (χ1n) is 13.0. The van der Waals surface area contributed by atoms with Crippen molar-refractivity contribution in [2.75, 3.05) is 33.1 Å². The summed E-state index contributed by atoms with van der Waals surface area (Å²) in [6, 6.07) is 8.55. The van der Waals surface area contributed by atoms with Crippen molar-refractivity contribution < 1.29 is 18.7 Å². The third kappa shape index (κ3) is 5.49. The molecule has 0 unspecified atom stereocenters.